The minimum atomic E-state index is -0.0371. The molecule has 0 N–H and O–H groups in total. The summed E-state index contributed by atoms with van der Waals surface area (Å²) in [5.74, 6) is -0.0371. The number of esters is 1. The van der Waals surface area contributed by atoms with Crippen LogP contribution in [0, 0.1) is 0 Å². The summed E-state index contributed by atoms with van der Waals surface area (Å²) in [6.07, 6.45) is 5.24. The van der Waals surface area contributed by atoms with Crippen LogP contribution < -0.4 is 0 Å². The molecule has 0 bridgehead atoms. The summed E-state index contributed by atoms with van der Waals surface area (Å²) < 4.78 is 5.43. The van der Waals surface area contributed by atoms with E-state index in [1.807, 2.05) is 18.2 Å². The van der Waals surface area contributed by atoms with Crippen molar-refractivity contribution in [3.63, 3.8) is 0 Å². The second-order valence-electron chi connectivity index (χ2n) is 4.70. The van der Waals surface area contributed by atoms with Crippen molar-refractivity contribution in [3.05, 3.63) is 30.3 Å². The van der Waals surface area contributed by atoms with Gasteiger partial charge in [0.05, 0.1) is 11.7 Å². The zero-order valence-electron chi connectivity index (χ0n) is 10.8. The van der Waals surface area contributed by atoms with Gasteiger partial charge >= 0.3 is 5.97 Å². The van der Waals surface area contributed by atoms with Crippen molar-refractivity contribution < 1.29 is 9.53 Å². The molecule has 2 nitrogen and oxygen atoms in total. The van der Waals surface area contributed by atoms with Gasteiger partial charge in [-0.25, -0.2) is 0 Å². The number of hydrogen-bond acceptors (Lipinski definition) is 3. The Kier molecular flexibility index (Phi) is 5.12. The van der Waals surface area contributed by atoms with Gasteiger partial charge in [-0.15, -0.1) is 11.8 Å². The number of ether oxygens (including phenoxy) is 1. The average Bonchev–Trinajstić information content (AvgIpc) is 2.71. The Balaban J connectivity index is 1.90. The fourth-order valence-electron chi connectivity index (χ4n) is 2.22. The predicted octanol–water partition coefficient (Wildman–Crippen LogP) is 4.04. The first-order valence-electron chi connectivity index (χ1n) is 6.70. The van der Waals surface area contributed by atoms with Gasteiger partial charge in [-0.2, -0.15) is 0 Å². The highest BCUT2D eigenvalue weighted by atomic mass is 32.2. The molecule has 0 spiro atoms. The van der Waals surface area contributed by atoms with Crippen molar-refractivity contribution in [2.24, 2.45) is 0 Å². The molecule has 2 atom stereocenters. The monoisotopic (exact) mass is 264 g/mol. The lowest BCUT2D eigenvalue weighted by molar-refractivity contribution is -0.141. The molecule has 98 valence electrons. The quantitative estimate of drug-likeness (QED) is 0.573. The van der Waals surface area contributed by atoms with Gasteiger partial charge in [0.25, 0.3) is 0 Å². The summed E-state index contributed by atoms with van der Waals surface area (Å²) in [5, 5.41) is 0.289. The normalized spacial score (nSPS) is 23.1. The molecule has 1 aromatic carbocycles. The molecule has 2 unspecified atom stereocenters. The Bertz CT molecular complexity index is 377. The van der Waals surface area contributed by atoms with E-state index in [0.717, 1.165) is 12.8 Å². The van der Waals surface area contributed by atoms with E-state index in [1.54, 1.807) is 11.8 Å². The van der Waals surface area contributed by atoms with E-state index in [9.17, 15) is 4.79 Å². The van der Waals surface area contributed by atoms with Crippen LogP contribution in [0.15, 0.2) is 35.2 Å². The largest absolute Gasteiger partial charge is 0.461 e. The van der Waals surface area contributed by atoms with E-state index in [-0.39, 0.29) is 17.3 Å². The summed E-state index contributed by atoms with van der Waals surface area (Å²) >= 11 is 1.78. The maximum absolute atomic E-state index is 11.5. The molecule has 0 aliphatic carbocycles. The SMILES string of the molecule is CCCCCC1OC(=O)CC1Sc1ccccc1. The molecule has 1 aromatic rings. The molecule has 18 heavy (non-hydrogen) atoms. The standard InChI is InChI=1S/C15H20O2S/c1-2-3-5-10-13-14(11-15(16)17-13)18-12-8-6-4-7-9-12/h4,6-9,13-14H,2-3,5,10-11H2,1H3. The number of cyclic esters (lactones) is 1. The molecule has 0 saturated carbocycles. The number of hydrogen-bond donors (Lipinski definition) is 0. The minimum Gasteiger partial charge on any atom is -0.461 e. The van der Waals surface area contributed by atoms with E-state index >= 15 is 0 Å². The number of carbonyl (C=O) groups excluding carboxylic acids is 1. The second-order valence-corrected chi connectivity index (χ2v) is 6.01. The Morgan fingerprint density at radius 1 is 1.28 bits per heavy atom. The molecule has 3 heteroatoms. The van der Waals surface area contributed by atoms with Gasteiger partial charge in [0, 0.05) is 4.90 Å². The van der Waals surface area contributed by atoms with Crippen LogP contribution in [0.25, 0.3) is 0 Å². The molecule has 0 radical (unpaired) electrons. The molecule has 1 fully saturated rings. The topological polar surface area (TPSA) is 26.3 Å². The van der Waals surface area contributed by atoms with Gasteiger partial charge in [-0.3, -0.25) is 4.79 Å². The lowest BCUT2D eigenvalue weighted by Gasteiger charge is -2.16. The van der Waals surface area contributed by atoms with E-state index in [4.69, 9.17) is 4.74 Å². The molecule has 1 aliphatic heterocycles. The van der Waals surface area contributed by atoms with Crippen LogP contribution in [0.4, 0.5) is 0 Å². The van der Waals surface area contributed by atoms with E-state index in [1.165, 1.54) is 17.7 Å². The van der Waals surface area contributed by atoms with Crippen LogP contribution in [-0.2, 0) is 9.53 Å². The lowest BCUT2D eigenvalue weighted by Crippen LogP contribution is -2.18. The first-order chi connectivity index (χ1) is 8.79. The highest BCUT2D eigenvalue weighted by molar-refractivity contribution is 8.00. The van der Waals surface area contributed by atoms with Gasteiger partial charge in [0.2, 0.25) is 0 Å². The van der Waals surface area contributed by atoms with E-state index < -0.39 is 0 Å². The zero-order chi connectivity index (χ0) is 12.8. The van der Waals surface area contributed by atoms with Crippen molar-refractivity contribution in [3.8, 4) is 0 Å². The van der Waals surface area contributed by atoms with Crippen molar-refractivity contribution in [2.45, 2.75) is 55.3 Å². The molecule has 1 aliphatic rings. The predicted molar refractivity (Wildman–Crippen MR) is 74.7 cm³/mol. The van der Waals surface area contributed by atoms with E-state index in [2.05, 4.69) is 19.1 Å². The third kappa shape index (κ3) is 3.77. The van der Waals surface area contributed by atoms with Gasteiger partial charge in [-0.05, 0) is 25.0 Å². The second kappa shape index (κ2) is 6.83. The van der Waals surface area contributed by atoms with Crippen molar-refractivity contribution in [1.29, 1.82) is 0 Å². The highest BCUT2D eigenvalue weighted by Crippen LogP contribution is 2.35. The zero-order valence-corrected chi connectivity index (χ0v) is 11.6. The molecule has 1 saturated heterocycles. The maximum Gasteiger partial charge on any atom is 0.307 e. The summed E-state index contributed by atoms with van der Waals surface area (Å²) in [6.45, 7) is 2.19. The summed E-state index contributed by atoms with van der Waals surface area (Å²) in [5.41, 5.74) is 0. The summed E-state index contributed by atoms with van der Waals surface area (Å²) in [6, 6.07) is 10.3. The minimum absolute atomic E-state index is 0.0371. The third-order valence-electron chi connectivity index (χ3n) is 3.19. The average molecular weight is 264 g/mol. The van der Waals surface area contributed by atoms with Crippen LogP contribution in [0.2, 0.25) is 0 Å². The highest BCUT2D eigenvalue weighted by Gasteiger charge is 2.34. The molecule has 1 heterocycles. The number of thioether (sulfide) groups is 1. The van der Waals surface area contributed by atoms with Crippen molar-refractivity contribution in [1.82, 2.24) is 0 Å². The van der Waals surface area contributed by atoms with Crippen molar-refractivity contribution in [2.75, 3.05) is 0 Å². The summed E-state index contributed by atoms with van der Waals surface area (Å²) in [4.78, 5) is 12.7. The molecule has 2 rings (SSSR count). The number of benzene rings is 1. The van der Waals surface area contributed by atoms with Crippen LogP contribution >= 0.6 is 11.8 Å². The molecule has 0 amide bonds. The summed E-state index contributed by atoms with van der Waals surface area (Å²) in [7, 11) is 0. The van der Waals surface area contributed by atoms with Crippen molar-refractivity contribution >= 4 is 17.7 Å². The van der Waals surface area contributed by atoms with E-state index in [0.29, 0.717) is 6.42 Å². The number of rotatable bonds is 6. The van der Waals surface area contributed by atoms with Gasteiger partial charge in [-0.1, -0.05) is 38.0 Å². The number of unbranched alkanes of at least 4 members (excludes halogenated alkanes) is 2. The van der Waals surface area contributed by atoms with Gasteiger partial charge < -0.3 is 4.74 Å². The molecular weight excluding hydrogens is 244 g/mol. The molecule has 0 aromatic heterocycles. The first-order valence-corrected chi connectivity index (χ1v) is 7.58. The maximum atomic E-state index is 11.5. The molecular formula is C15H20O2S. The Hall–Kier alpha value is -0.960. The van der Waals surface area contributed by atoms with Crippen LogP contribution in [0.3, 0.4) is 0 Å². The smallest absolute Gasteiger partial charge is 0.307 e. The first kappa shape index (κ1) is 13.5. The fraction of sp³-hybridized carbons (Fsp3) is 0.533. The van der Waals surface area contributed by atoms with Crippen LogP contribution in [0.5, 0.6) is 0 Å². The Morgan fingerprint density at radius 2 is 2.06 bits per heavy atom. The van der Waals surface area contributed by atoms with Gasteiger partial charge in [0.1, 0.15) is 6.10 Å². The third-order valence-corrected chi connectivity index (χ3v) is 4.51. The van der Waals surface area contributed by atoms with Gasteiger partial charge in [0.15, 0.2) is 0 Å². The fourth-order valence-corrected chi connectivity index (χ4v) is 3.45. The van der Waals surface area contributed by atoms with Crippen LogP contribution in [-0.4, -0.2) is 17.3 Å². The van der Waals surface area contributed by atoms with Crippen LogP contribution in [0.1, 0.15) is 39.0 Å². The Labute approximate surface area is 113 Å². The number of carbonyl (C=O) groups is 1. The Morgan fingerprint density at radius 3 is 2.78 bits per heavy atom. The lowest BCUT2D eigenvalue weighted by atomic mass is 10.1.